The molecule has 0 radical (unpaired) electrons. The van der Waals surface area contributed by atoms with Gasteiger partial charge in [0.25, 0.3) is 0 Å². The minimum atomic E-state index is -0.833. The summed E-state index contributed by atoms with van der Waals surface area (Å²) >= 11 is 0. The molecule has 0 aromatic carbocycles. The molecule has 82 valence electrons. The number of carbonyl (C=O) groups is 1. The molecular weight excluding hydrogens is 200 g/mol. The average Bonchev–Trinajstić information content (AvgIpc) is 2.89. The first-order chi connectivity index (χ1) is 7.70. The Balaban J connectivity index is 2.38. The van der Waals surface area contributed by atoms with E-state index in [2.05, 4.69) is 0 Å². The summed E-state index contributed by atoms with van der Waals surface area (Å²) in [6, 6.07) is 0. The van der Waals surface area contributed by atoms with Crippen molar-refractivity contribution in [2.45, 2.75) is 19.8 Å². The van der Waals surface area contributed by atoms with E-state index in [1.807, 2.05) is 43.4 Å². The first kappa shape index (κ1) is 10.7. The largest absolute Gasteiger partial charge is 0.478 e. The number of hydrogen-bond acceptors (Lipinski definition) is 1. The summed E-state index contributed by atoms with van der Waals surface area (Å²) in [5.74, 6) is -0.833. The number of rotatable bonds is 3. The summed E-state index contributed by atoms with van der Waals surface area (Å²) in [6.07, 6.45) is 13.3. The molecule has 2 nitrogen and oxygen atoms in total. The van der Waals surface area contributed by atoms with Crippen molar-refractivity contribution >= 4 is 5.97 Å². The van der Waals surface area contributed by atoms with Gasteiger partial charge in [0.05, 0.1) is 5.57 Å². The molecule has 2 aliphatic carbocycles. The molecule has 0 aromatic rings. The highest BCUT2D eigenvalue weighted by molar-refractivity contribution is 5.94. The van der Waals surface area contributed by atoms with E-state index in [1.165, 1.54) is 0 Å². The molecule has 0 aliphatic heterocycles. The maximum absolute atomic E-state index is 11.3. The van der Waals surface area contributed by atoms with Crippen LogP contribution < -0.4 is 0 Å². The second-order valence-corrected chi connectivity index (χ2v) is 3.95. The molecule has 2 rings (SSSR count). The lowest BCUT2D eigenvalue weighted by Crippen LogP contribution is -2.06. The lowest BCUT2D eigenvalue weighted by atomic mass is 9.94. The number of allylic oxidation sites excluding steroid dienone is 8. The van der Waals surface area contributed by atoms with Crippen LogP contribution in [0.25, 0.3) is 0 Å². The Labute approximate surface area is 95.0 Å². The van der Waals surface area contributed by atoms with E-state index in [4.69, 9.17) is 0 Å². The molecule has 0 amide bonds. The third-order valence-corrected chi connectivity index (χ3v) is 2.93. The minimum Gasteiger partial charge on any atom is -0.478 e. The Bertz CT molecular complexity index is 471. The summed E-state index contributed by atoms with van der Waals surface area (Å²) in [4.78, 5) is 11.3. The van der Waals surface area contributed by atoms with E-state index >= 15 is 0 Å². The Hall–Kier alpha value is -1.83. The second-order valence-electron chi connectivity index (χ2n) is 3.95. The molecule has 0 spiro atoms. The fraction of sp³-hybridized carbons (Fsp3) is 0.214. The molecule has 0 saturated heterocycles. The predicted octanol–water partition coefficient (Wildman–Crippen LogP) is 3.16. The topological polar surface area (TPSA) is 37.3 Å². The van der Waals surface area contributed by atoms with Crippen LogP contribution in [0, 0.1) is 0 Å². The molecule has 0 atom stereocenters. The third kappa shape index (κ3) is 1.91. The quantitative estimate of drug-likeness (QED) is 0.733. The Morgan fingerprint density at radius 2 is 1.69 bits per heavy atom. The van der Waals surface area contributed by atoms with E-state index in [0.717, 1.165) is 29.6 Å². The van der Waals surface area contributed by atoms with Gasteiger partial charge in [0, 0.05) is 0 Å². The van der Waals surface area contributed by atoms with Crippen molar-refractivity contribution in [2.24, 2.45) is 0 Å². The van der Waals surface area contributed by atoms with Gasteiger partial charge < -0.3 is 5.11 Å². The molecule has 2 heteroatoms. The van der Waals surface area contributed by atoms with Gasteiger partial charge in [0.15, 0.2) is 0 Å². The number of carboxylic acid groups (broad SMARTS) is 1. The van der Waals surface area contributed by atoms with Crippen LogP contribution in [-0.2, 0) is 4.79 Å². The van der Waals surface area contributed by atoms with Gasteiger partial charge >= 0.3 is 5.97 Å². The molecule has 0 aromatic heterocycles. The van der Waals surface area contributed by atoms with Gasteiger partial charge in [-0.05, 0) is 36.5 Å². The van der Waals surface area contributed by atoms with Crippen LogP contribution in [-0.4, -0.2) is 11.1 Å². The highest BCUT2D eigenvalue weighted by atomic mass is 16.4. The van der Waals surface area contributed by atoms with Crippen LogP contribution in [0.1, 0.15) is 19.8 Å². The van der Waals surface area contributed by atoms with E-state index < -0.39 is 5.97 Å². The van der Waals surface area contributed by atoms with Crippen molar-refractivity contribution in [1.82, 2.24) is 0 Å². The average molecular weight is 214 g/mol. The Kier molecular flexibility index (Phi) is 2.91. The zero-order valence-corrected chi connectivity index (χ0v) is 9.23. The Morgan fingerprint density at radius 1 is 1.12 bits per heavy atom. The van der Waals surface area contributed by atoms with E-state index in [1.54, 1.807) is 0 Å². The van der Waals surface area contributed by atoms with Crippen molar-refractivity contribution in [3.8, 4) is 0 Å². The van der Waals surface area contributed by atoms with Gasteiger partial charge in [-0.3, -0.25) is 0 Å². The monoisotopic (exact) mass is 214 g/mol. The normalized spacial score (nSPS) is 19.6. The smallest absolute Gasteiger partial charge is 0.336 e. The fourth-order valence-electron chi connectivity index (χ4n) is 2.06. The van der Waals surface area contributed by atoms with Gasteiger partial charge in [-0.25, -0.2) is 4.79 Å². The van der Waals surface area contributed by atoms with Crippen LogP contribution in [0.2, 0.25) is 0 Å². The van der Waals surface area contributed by atoms with Crippen LogP contribution >= 0.6 is 0 Å². The lowest BCUT2D eigenvalue weighted by molar-refractivity contribution is -0.132. The standard InChI is InChI=1S/C14H14O2/c1-10(11-6-2-3-7-11)13(14(15)16)12-8-4-5-9-12/h2-6,8H,7,9H2,1H3,(H,15,16). The molecule has 1 N–H and O–H groups in total. The highest BCUT2D eigenvalue weighted by Crippen LogP contribution is 2.29. The maximum Gasteiger partial charge on any atom is 0.336 e. The Morgan fingerprint density at radius 3 is 2.12 bits per heavy atom. The molecule has 0 fully saturated rings. The molecule has 2 aliphatic rings. The van der Waals surface area contributed by atoms with Gasteiger partial charge in [0.2, 0.25) is 0 Å². The molecule has 0 heterocycles. The SMILES string of the molecule is CC(C1=CC=CC1)=C(C(=O)O)C1=CC=CC1. The molecular formula is C14H14O2. The van der Waals surface area contributed by atoms with Gasteiger partial charge in [0.1, 0.15) is 0 Å². The number of carboxylic acids is 1. The molecule has 0 unspecified atom stereocenters. The van der Waals surface area contributed by atoms with Crippen LogP contribution in [0.3, 0.4) is 0 Å². The van der Waals surface area contributed by atoms with E-state index in [9.17, 15) is 9.90 Å². The van der Waals surface area contributed by atoms with Crippen molar-refractivity contribution < 1.29 is 9.90 Å². The van der Waals surface area contributed by atoms with Crippen LogP contribution in [0.5, 0.6) is 0 Å². The van der Waals surface area contributed by atoms with Crippen LogP contribution in [0.4, 0.5) is 0 Å². The van der Waals surface area contributed by atoms with Crippen molar-refractivity contribution in [1.29, 1.82) is 0 Å². The fourth-order valence-corrected chi connectivity index (χ4v) is 2.06. The van der Waals surface area contributed by atoms with Crippen molar-refractivity contribution in [3.05, 3.63) is 58.7 Å². The van der Waals surface area contributed by atoms with E-state index in [-0.39, 0.29) is 0 Å². The maximum atomic E-state index is 11.3. The highest BCUT2D eigenvalue weighted by Gasteiger charge is 2.19. The van der Waals surface area contributed by atoms with Crippen molar-refractivity contribution in [3.63, 3.8) is 0 Å². The molecule has 0 bridgehead atoms. The molecule has 0 saturated carbocycles. The minimum absolute atomic E-state index is 0.458. The second kappa shape index (κ2) is 4.35. The van der Waals surface area contributed by atoms with Crippen molar-refractivity contribution in [2.75, 3.05) is 0 Å². The lowest BCUT2D eigenvalue weighted by Gasteiger charge is -2.10. The first-order valence-corrected chi connectivity index (χ1v) is 5.36. The zero-order valence-electron chi connectivity index (χ0n) is 9.23. The zero-order chi connectivity index (χ0) is 11.5. The number of hydrogen-bond donors (Lipinski definition) is 1. The summed E-state index contributed by atoms with van der Waals surface area (Å²) in [7, 11) is 0. The predicted molar refractivity (Wildman–Crippen MR) is 64.0 cm³/mol. The third-order valence-electron chi connectivity index (χ3n) is 2.93. The van der Waals surface area contributed by atoms with E-state index in [0.29, 0.717) is 5.57 Å². The summed E-state index contributed by atoms with van der Waals surface area (Å²) in [6.45, 7) is 1.89. The van der Waals surface area contributed by atoms with Gasteiger partial charge in [-0.2, -0.15) is 0 Å². The number of aliphatic carboxylic acids is 1. The first-order valence-electron chi connectivity index (χ1n) is 5.36. The summed E-state index contributed by atoms with van der Waals surface area (Å²) in [5, 5.41) is 9.29. The summed E-state index contributed by atoms with van der Waals surface area (Å²) < 4.78 is 0. The molecule has 16 heavy (non-hydrogen) atoms. The summed E-state index contributed by atoms with van der Waals surface area (Å²) in [5.41, 5.74) is 3.34. The van der Waals surface area contributed by atoms with Gasteiger partial charge in [-0.15, -0.1) is 0 Å². The van der Waals surface area contributed by atoms with Crippen LogP contribution in [0.15, 0.2) is 58.7 Å². The van der Waals surface area contributed by atoms with Gasteiger partial charge in [-0.1, -0.05) is 36.5 Å².